The van der Waals surface area contributed by atoms with Crippen molar-refractivity contribution in [3.05, 3.63) is 52.5 Å². The lowest BCUT2D eigenvalue weighted by Crippen LogP contribution is -2.22. The van der Waals surface area contributed by atoms with Crippen LogP contribution in [0.5, 0.6) is 0 Å². The van der Waals surface area contributed by atoms with Gasteiger partial charge in [0.1, 0.15) is 0 Å². The van der Waals surface area contributed by atoms with Crippen molar-refractivity contribution in [3.63, 3.8) is 0 Å². The molecule has 0 aliphatic rings. The monoisotopic (exact) mass is 232 g/mol. The van der Waals surface area contributed by atoms with Gasteiger partial charge in [-0.05, 0) is 29.1 Å². The lowest BCUT2D eigenvalue weighted by molar-refractivity contribution is -0.119. The van der Waals surface area contributed by atoms with Crippen molar-refractivity contribution < 1.29 is 4.79 Å². The smallest absolute Gasteiger partial charge is 0.159 e. The van der Waals surface area contributed by atoms with Crippen LogP contribution in [0.1, 0.15) is 16.5 Å². The normalized spacial score (nSPS) is 12.3. The second kappa shape index (κ2) is 5.01. The van der Waals surface area contributed by atoms with Gasteiger partial charge in [0.05, 0.1) is 6.04 Å². The van der Waals surface area contributed by atoms with Gasteiger partial charge in [-0.3, -0.25) is 9.78 Å². The first-order valence-corrected chi connectivity index (χ1v) is 5.86. The largest absolute Gasteiger partial charge is 0.317 e. The molecular weight excluding hydrogens is 220 g/mol. The molecule has 0 aromatic carbocycles. The summed E-state index contributed by atoms with van der Waals surface area (Å²) in [6, 6.07) is 6.95. The van der Waals surface area contributed by atoms with Gasteiger partial charge in [0.25, 0.3) is 0 Å². The highest BCUT2D eigenvalue weighted by atomic mass is 32.1. The number of carbonyl (C=O) groups is 1. The number of thiophene rings is 1. The van der Waals surface area contributed by atoms with E-state index >= 15 is 0 Å². The minimum absolute atomic E-state index is 0.0358. The van der Waals surface area contributed by atoms with Gasteiger partial charge in [-0.15, -0.1) is 11.3 Å². The highest BCUT2D eigenvalue weighted by molar-refractivity contribution is 7.10. The SMILES string of the molecule is NC(C(=O)Cc1ccncc1)c1cccs1. The van der Waals surface area contributed by atoms with Gasteiger partial charge in [0, 0.05) is 23.7 Å². The molecule has 2 N–H and O–H groups in total. The van der Waals surface area contributed by atoms with E-state index in [2.05, 4.69) is 4.98 Å². The van der Waals surface area contributed by atoms with E-state index in [-0.39, 0.29) is 5.78 Å². The van der Waals surface area contributed by atoms with E-state index in [1.165, 1.54) is 11.3 Å². The van der Waals surface area contributed by atoms with Crippen molar-refractivity contribution in [1.29, 1.82) is 0 Å². The summed E-state index contributed by atoms with van der Waals surface area (Å²) in [7, 11) is 0. The Hall–Kier alpha value is -1.52. The Bertz CT molecular complexity index is 453. The van der Waals surface area contributed by atoms with Crippen LogP contribution in [0, 0.1) is 0 Å². The minimum Gasteiger partial charge on any atom is -0.317 e. The van der Waals surface area contributed by atoms with Crippen molar-refractivity contribution >= 4 is 17.1 Å². The summed E-state index contributed by atoms with van der Waals surface area (Å²) in [5.74, 6) is 0.0358. The first kappa shape index (κ1) is 11.0. The number of nitrogens with two attached hydrogens (primary N) is 1. The molecule has 0 saturated carbocycles. The lowest BCUT2D eigenvalue weighted by atomic mass is 10.0. The van der Waals surface area contributed by atoms with Crippen molar-refractivity contribution in [2.75, 3.05) is 0 Å². The molecule has 0 aliphatic heterocycles. The zero-order valence-corrected chi connectivity index (χ0v) is 9.48. The number of aromatic nitrogens is 1. The van der Waals surface area contributed by atoms with E-state index in [0.29, 0.717) is 6.42 Å². The van der Waals surface area contributed by atoms with Crippen LogP contribution in [-0.2, 0) is 11.2 Å². The summed E-state index contributed by atoms with van der Waals surface area (Å²) >= 11 is 1.51. The van der Waals surface area contributed by atoms with Gasteiger partial charge in [0.15, 0.2) is 5.78 Å². The summed E-state index contributed by atoms with van der Waals surface area (Å²) < 4.78 is 0. The molecule has 2 aromatic heterocycles. The quantitative estimate of drug-likeness (QED) is 0.876. The fourth-order valence-electron chi connectivity index (χ4n) is 1.44. The highest BCUT2D eigenvalue weighted by Crippen LogP contribution is 2.18. The Labute approximate surface area is 97.9 Å². The second-order valence-corrected chi connectivity index (χ2v) is 4.47. The number of hydrogen-bond donors (Lipinski definition) is 1. The molecule has 0 bridgehead atoms. The maximum Gasteiger partial charge on any atom is 0.159 e. The molecule has 16 heavy (non-hydrogen) atoms. The average Bonchev–Trinajstić information content (AvgIpc) is 2.83. The fraction of sp³-hybridized carbons (Fsp3) is 0.167. The molecule has 2 rings (SSSR count). The molecule has 1 atom stereocenters. The molecule has 82 valence electrons. The Morgan fingerprint density at radius 2 is 2.12 bits per heavy atom. The summed E-state index contributed by atoms with van der Waals surface area (Å²) in [6.45, 7) is 0. The fourth-order valence-corrected chi connectivity index (χ4v) is 2.19. The number of nitrogens with zero attached hydrogens (tertiary/aromatic N) is 1. The molecule has 0 radical (unpaired) electrons. The molecule has 0 spiro atoms. The van der Waals surface area contributed by atoms with Gasteiger partial charge in [-0.25, -0.2) is 0 Å². The van der Waals surface area contributed by atoms with Crippen LogP contribution in [0.15, 0.2) is 42.0 Å². The van der Waals surface area contributed by atoms with Crippen LogP contribution in [0.2, 0.25) is 0 Å². The van der Waals surface area contributed by atoms with Crippen LogP contribution in [0.3, 0.4) is 0 Å². The first-order valence-electron chi connectivity index (χ1n) is 4.98. The molecule has 4 heteroatoms. The maximum absolute atomic E-state index is 11.9. The van der Waals surface area contributed by atoms with E-state index in [4.69, 9.17) is 5.73 Å². The van der Waals surface area contributed by atoms with Gasteiger partial charge >= 0.3 is 0 Å². The summed E-state index contributed by atoms with van der Waals surface area (Å²) in [5.41, 5.74) is 6.83. The molecule has 2 aromatic rings. The lowest BCUT2D eigenvalue weighted by Gasteiger charge is -2.08. The Kier molecular flexibility index (Phi) is 3.44. The van der Waals surface area contributed by atoms with Crippen LogP contribution in [0.25, 0.3) is 0 Å². The average molecular weight is 232 g/mol. The van der Waals surface area contributed by atoms with Crippen molar-refractivity contribution in [2.45, 2.75) is 12.5 Å². The molecule has 2 heterocycles. The molecule has 0 aliphatic carbocycles. The standard InChI is InChI=1S/C12H12N2OS/c13-12(11-2-1-7-16-11)10(15)8-9-3-5-14-6-4-9/h1-7,12H,8,13H2. The van der Waals surface area contributed by atoms with Crippen molar-refractivity contribution in [1.82, 2.24) is 4.98 Å². The van der Waals surface area contributed by atoms with E-state index in [1.807, 2.05) is 29.6 Å². The van der Waals surface area contributed by atoms with Gasteiger partial charge in [-0.2, -0.15) is 0 Å². The van der Waals surface area contributed by atoms with Gasteiger partial charge < -0.3 is 5.73 Å². The number of Topliss-reactive ketones (excluding diaryl/α,β-unsaturated/α-hetero) is 1. The summed E-state index contributed by atoms with van der Waals surface area (Å²) in [6.07, 6.45) is 3.72. The van der Waals surface area contributed by atoms with Crippen molar-refractivity contribution in [3.8, 4) is 0 Å². The molecule has 3 nitrogen and oxygen atoms in total. The third-order valence-corrected chi connectivity index (χ3v) is 3.28. The molecule has 0 saturated heterocycles. The molecule has 1 unspecified atom stereocenters. The van der Waals surface area contributed by atoms with Gasteiger partial charge in [0.2, 0.25) is 0 Å². The Morgan fingerprint density at radius 3 is 2.75 bits per heavy atom. The van der Waals surface area contributed by atoms with E-state index < -0.39 is 6.04 Å². The van der Waals surface area contributed by atoms with Crippen molar-refractivity contribution in [2.24, 2.45) is 5.73 Å². The summed E-state index contributed by atoms with van der Waals surface area (Å²) in [4.78, 5) is 16.7. The van der Waals surface area contributed by atoms with Crippen LogP contribution in [0.4, 0.5) is 0 Å². The molecule has 0 fully saturated rings. The predicted molar refractivity (Wildman–Crippen MR) is 64.2 cm³/mol. The van der Waals surface area contributed by atoms with Gasteiger partial charge in [-0.1, -0.05) is 6.07 Å². The van der Waals surface area contributed by atoms with E-state index in [0.717, 1.165) is 10.4 Å². The van der Waals surface area contributed by atoms with E-state index in [9.17, 15) is 4.79 Å². The predicted octanol–water partition coefficient (Wildman–Crippen LogP) is 1.95. The molecular formula is C12H12N2OS. The second-order valence-electron chi connectivity index (χ2n) is 3.49. The summed E-state index contributed by atoms with van der Waals surface area (Å²) in [5, 5.41) is 1.93. The van der Waals surface area contributed by atoms with Crippen LogP contribution in [-0.4, -0.2) is 10.8 Å². The zero-order valence-electron chi connectivity index (χ0n) is 8.67. The third kappa shape index (κ3) is 2.53. The number of carbonyl (C=O) groups excluding carboxylic acids is 1. The Morgan fingerprint density at radius 1 is 1.38 bits per heavy atom. The highest BCUT2D eigenvalue weighted by Gasteiger charge is 2.16. The first-order chi connectivity index (χ1) is 7.77. The third-order valence-electron chi connectivity index (χ3n) is 2.32. The minimum atomic E-state index is -0.506. The number of rotatable bonds is 4. The number of hydrogen-bond acceptors (Lipinski definition) is 4. The molecule has 0 amide bonds. The number of pyridine rings is 1. The maximum atomic E-state index is 11.9. The van der Waals surface area contributed by atoms with Crippen LogP contribution >= 0.6 is 11.3 Å². The number of ketones is 1. The topological polar surface area (TPSA) is 56.0 Å². The van der Waals surface area contributed by atoms with E-state index in [1.54, 1.807) is 12.4 Å². The Balaban J connectivity index is 2.04. The van der Waals surface area contributed by atoms with Crippen LogP contribution < -0.4 is 5.73 Å². The zero-order chi connectivity index (χ0) is 11.4.